The Morgan fingerprint density at radius 1 is 0.958 bits per heavy atom. The monoisotopic (exact) mass is 643 g/mol. The Morgan fingerprint density at radius 2 is 1.67 bits per heavy atom. The first-order chi connectivity index (χ1) is 23.3. The number of fused-ring (bicyclic) bond motifs is 3. The normalized spacial score (nSPS) is 17.3. The maximum absolute atomic E-state index is 14.1. The minimum Gasteiger partial charge on any atom is -0.454 e. The molecule has 2 N–H and O–H groups in total. The van der Waals surface area contributed by atoms with Gasteiger partial charge in [-0.05, 0) is 48.0 Å². The molecule has 6 rings (SSSR count). The molecule has 2 aliphatic rings. The van der Waals surface area contributed by atoms with Crippen molar-refractivity contribution in [3.8, 4) is 11.5 Å². The van der Waals surface area contributed by atoms with Crippen LogP contribution in [0.15, 0.2) is 122 Å². The highest BCUT2D eigenvalue weighted by atomic mass is 16.5. The number of amides is 3. The predicted octanol–water partition coefficient (Wildman–Crippen LogP) is 6.09. The van der Waals surface area contributed by atoms with Crippen molar-refractivity contribution in [3.05, 3.63) is 139 Å². The number of benzene rings is 4. The van der Waals surface area contributed by atoms with Crippen LogP contribution in [0.3, 0.4) is 0 Å². The second-order valence-electron chi connectivity index (χ2n) is 11.8. The van der Waals surface area contributed by atoms with Gasteiger partial charge in [-0.1, -0.05) is 79.7 Å². The summed E-state index contributed by atoms with van der Waals surface area (Å²) in [7, 11) is 0. The van der Waals surface area contributed by atoms with Crippen LogP contribution in [-0.4, -0.2) is 52.5 Å². The van der Waals surface area contributed by atoms with E-state index in [1.165, 1.54) is 9.80 Å². The predicted molar refractivity (Wildman–Crippen MR) is 184 cm³/mol. The van der Waals surface area contributed by atoms with E-state index >= 15 is 0 Å². The van der Waals surface area contributed by atoms with E-state index in [1.807, 2.05) is 42.5 Å². The minimum atomic E-state index is -1.99. The first kappa shape index (κ1) is 32.4. The number of para-hydroxylation sites is 3. The SMILES string of the molecule is C=CCN1C(=O)[C@](O)([C@H](C)/C=C/CC(=O)N(CCO)Cc2ccccc2)c2cc(N3C(=O)c4ccccc4Oc4ccccc43)ccc21. The van der Waals surface area contributed by atoms with Crippen molar-refractivity contribution in [1.82, 2.24) is 4.90 Å². The number of hydrogen-bond acceptors (Lipinski definition) is 6. The number of carbonyl (C=O) groups excluding carboxylic acids is 3. The smallest absolute Gasteiger partial charge is 0.266 e. The molecule has 9 heteroatoms. The standard InChI is InChI=1S/C39H37N3O6/c1-3-22-41-32-21-20-29(42-33-16-8-10-18-35(33)48-34-17-9-7-15-30(34)37(42)45)25-31(32)39(47,38(41)46)27(2)12-11-19-36(44)40(23-24-43)26-28-13-5-4-6-14-28/h3-18,20-21,25,27,43,47H,1,19,22-24,26H2,2H3/b12-11+/t27-,39+/m1/s1. The Labute approximate surface area is 279 Å². The zero-order valence-corrected chi connectivity index (χ0v) is 26.7. The fraction of sp³-hybridized carbons (Fsp3) is 0.205. The van der Waals surface area contributed by atoms with Crippen LogP contribution in [0, 0.1) is 5.92 Å². The summed E-state index contributed by atoms with van der Waals surface area (Å²) < 4.78 is 6.15. The molecule has 0 bridgehead atoms. The van der Waals surface area contributed by atoms with Crippen molar-refractivity contribution in [2.45, 2.75) is 25.5 Å². The molecule has 0 unspecified atom stereocenters. The van der Waals surface area contributed by atoms with Crippen LogP contribution in [0.2, 0.25) is 0 Å². The highest BCUT2D eigenvalue weighted by molar-refractivity contribution is 6.15. The maximum Gasteiger partial charge on any atom is 0.266 e. The summed E-state index contributed by atoms with van der Waals surface area (Å²) in [5.41, 5.74) is 1.13. The van der Waals surface area contributed by atoms with Crippen LogP contribution in [-0.2, 0) is 21.7 Å². The van der Waals surface area contributed by atoms with Crippen molar-refractivity contribution in [2.24, 2.45) is 5.92 Å². The third-order valence-corrected chi connectivity index (χ3v) is 8.78. The third kappa shape index (κ3) is 5.90. The molecule has 2 heterocycles. The Bertz CT molecular complexity index is 1890. The molecule has 0 aliphatic carbocycles. The van der Waals surface area contributed by atoms with E-state index in [0.29, 0.717) is 46.2 Å². The maximum atomic E-state index is 14.1. The molecule has 4 aromatic rings. The molecule has 0 saturated carbocycles. The summed E-state index contributed by atoms with van der Waals surface area (Å²) in [6.45, 7) is 6.05. The van der Waals surface area contributed by atoms with E-state index in [2.05, 4.69) is 6.58 Å². The highest BCUT2D eigenvalue weighted by Gasteiger charge is 2.52. The van der Waals surface area contributed by atoms with Gasteiger partial charge in [0.1, 0.15) is 5.75 Å². The van der Waals surface area contributed by atoms with Crippen LogP contribution < -0.4 is 14.5 Å². The second kappa shape index (κ2) is 13.7. The van der Waals surface area contributed by atoms with Crippen LogP contribution in [0.25, 0.3) is 0 Å². The summed E-state index contributed by atoms with van der Waals surface area (Å²) in [6.07, 6.45) is 4.92. The van der Waals surface area contributed by atoms with E-state index in [9.17, 15) is 24.6 Å². The highest BCUT2D eigenvalue weighted by Crippen LogP contribution is 2.49. The number of rotatable bonds is 11. The lowest BCUT2D eigenvalue weighted by molar-refractivity contribution is -0.139. The number of hydrogen-bond donors (Lipinski definition) is 2. The third-order valence-electron chi connectivity index (χ3n) is 8.78. The first-order valence-corrected chi connectivity index (χ1v) is 15.9. The topological polar surface area (TPSA) is 111 Å². The molecule has 0 fully saturated rings. The van der Waals surface area contributed by atoms with Gasteiger partial charge in [0.25, 0.3) is 11.8 Å². The van der Waals surface area contributed by atoms with E-state index in [1.54, 1.807) is 84.6 Å². The molecule has 0 radical (unpaired) electrons. The van der Waals surface area contributed by atoms with Crippen LogP contribution in [0.4, 0.5) is 17.1 Å². The molecule has 4 aromatic carbocycles. The summed E-state index contributed by atoms with van der Waals surface area (Å²) in [5, 5.41) is 21.9. The zero-order valence-electron chi connectivity index (χ0n) is 26.7. The van der Waals surface area contributed by atoms with E-state index in [-0.39, 0.29) is 37.9 Å². The molecular weight excluding hydrogens is 606 g/mol. The van der Waals surface area contributed by atoms with Gasteiger partial charge in [-0.25, -0.2) is 0 Å². The van der Waals surface area contributed by atoms with Gasteiger partial charge in [0.2, 0.25) is 5.91 Å². The van der Waals surface area contributed by atoms with Gasteiger partial charge in [-0.15, -0.1) is 6.58 Å². The van der Waals surface area contributed by atoms with Crippen molar-refractivity contribution in [3.63, 3.8) is 0 Å². The van der Waals surface area contributed by atoms with Crippen molar-refractivity contribution < 1.29 is 29.3 Å². The number of aliphatic hydroxyl groups excluding tert-OH is 1. The molecule has 244 valence electrons. The quantitative estimate of drug-likeness (QED) is 0.191. The van der Waals surface area contributed by atoms with Crippen molar-refractivity contribution >= 4 is 34.8 Å². The average molecular weight is 644 g/mol. The van der Waals surface area contributed by atoms with E-state index in [0.717, 1.165) is 5.56 Å². The van der Waals surface area contributed by atoms with Gasteiger partial charge < -0.3 is 24.7 Å². The molecule has 0 spiro atoms. The molecule has 3 amide bonds. The van der Waals surface area contributed by atoms with Gasteiger partial charge in [0, 0.05) is 43.2 Å². The Hall–Kier alpha value is -5.51. The summed E-state index contributed by atoms with van der Waals surface area (Å²) in [4.78, 5) is 45.8. The molecular formula is C39H37N3O6. The molecule has 0 aromatic heterocycles. The number of aliphatic hydroxyl groups is 2. The summed E-state index contributed by atoms with van der Waals surface area (Å²) in [5.74, 6) is -0.881. The Balaban J connectivity index is 1.33. The Morgan fingerprint density at radius 3 is 2.42 bits per heavy atom. The zero-order chi connectivity index (χ0) is 33.8. The van der Waals surface area contributed by atoms with Crippen LogP contribution in [0.1, 0.15) is 34.8 Å². The molecule has 0 saturated heterocycles. The lowest BCUT2D eigenvalue weighted by Gasteiger charge is -2.28. The van der Waals surface area contributed by atoms with Gasteiger partial charge in [0.05, 0.1) is 23.5 Å². The number of anilines is 3. The summed E-state index contributed by atoms with van der Waals surface area (Å²) >= 11 is 0. The van der Waals surface area contributed by atoms with Gasteiger partial charge in [-0.3, -0.25) is 19.3 Å². The first-order valence-electron chi connectivity index (χ1n) is 15.9. The van der Waals surface area contributed by atoms with Crippen molar-refractivity contribution in [2.75, 3.05) is 29.5 Å². The van der Waals surface area contributed by atoms with Gasteiger partial charge >= 0.3 is 0 Å². The van der Waals surface area contributed by atoms with Crippen molar-refractivity contribution in [1.29, 1.82) is 0 Å². The van der Waals surface area contributed by atoms with E-state index < -0.39 is 17.4 Å². The van der Waals surface area contributed by atoms with E-state index in [4.69, 9.17) is 4.74 Å². The molecule has 2 aliphatic heterocycles. The van der Waals surface area contributed by atoms with Crippen LogP contribution in [0.5, 0.6) is 11.5 Å². The summed E-state index contributed by atoms with van der Waals surface area (Å²) in [6, 6.07) is 28.9. The van der Waals surface area contributed by atoms with Crippen LogP contribution >= 0.6 is 0 Å². The number of carbonyl (C=O) groups is 3. The molecule has 2 atom stereocenters. The second-order valence-corrected chi connectivity index (χ2v) is 11.8. The number of ether oxygens (including phenoxy) is 1. The molecule has 48 heavy (non-hydrogen) atoms. The average Bonchev–Trinajstić information content (AvgIpc) is 3.23. The molecule has 9 nitrogen and oxygen atoms in total. The minimum absolute atomic E-state index is 0.0170. The fourth-order valence-electron chi connectivity index (χ4n) is 6.31. The number of nitrogens with zero attached hydrogens (tertiary/aromatic N) is 3. The lowest BCUT2D eigenvalue weighted by atomic mass is 9.82. The largest absolute Gasteiger partial charge is 0.454 e. The van der Waals surface area contributed by atoms with Gasteiger partial charge in [0.15, 0.2) is 11.4 Å². The fourth-order valence-corrected chi connectivity index (χ4v) is 6.31. The van der Waals surface area contributed by atoms with Gasteiger partial charge in [-0.2, -0.15) is 0 Å². The lowest BCUT2D eigenvalue weighted by Crippen LogP contribution is -2.44. The Kier molecular flexibility index (Phi) is 9.25.